The third kappa shape index (κ3) is 8.10. The van der Waals surface area contributed by atoms with Gasteiger partial charge in [-0.2, -0.15) is 9.97 Å². The Kier molecular flexibility index (Phi) is 10.9. The number of benzene rings is 1. The molecule has 0 aliphatic rings. The molecule has 10 nitrogen and oxygen atoms in total. The molecule has 32 heavy (non-hydrogen) atoms. The number of unbranched alkanes of at least 4 members (excludes halogenated alkanes) is 1. The van der Waals surface area contributed by atoms with Crippen molar-refractivity contribution >= 4 is 23.3 Å². The second-order valence-corrected chi connectivity index (χ2v) is 7.10. The van der Waals surface area contributed by atoms with E-state index in [0.717, 1.165) is 19.4 Å². The minimum absolute atomic E-state index is 0.0504. The summed E-state index contributed by atoms with van der Waals surface area (Å²) >= 11 is 0. The van der Waals surface area contributed by atoms with Crippen molar-refractivity contribution in [2.24, 2.45) is 5.18 Å². The van der Waals surface area contributed by atoms with Gasteiger partial charge < -0.3 is 25.4 Å². The zero-order valence-corrected chi connectivity index (χ0v) is 18.7. The molecule has 0 aliphatic carbocycles. The molecule has 0 aliphatic heterocycles. The van der Waals surface area contributed by atoms with Crippen LogP contribution in [0.25, 0.3) is 0 Å². The van der Waals surface area contributed by atoms with Gasteiger partial charge in [-0.1, -0.05) is 43.7 Å². The molecule has 0 atom stereocenters. The number of nitroso groups, excluding NO2 is 1. The Labute approximate surface area is 188 Å². The third-order valence-corrected chi connectivity index (χ3v) is 4.57. The van der Waals surface area contributed by atoms with Crippen molar-refractivity contribution in [2.75, 3.05) is 43.5 Å². The summed E-state index contributed by atoms with van der Waals surface area (Å²) in [6, 6.07) is 10.1. The zero-order valence-electron chi connectivity index (χ0n) is 18.7. The van der Waals surface area contributed by atoms with Crippen LogP contribution in [0.2, 0.25) is 0 Å². The number of nitrogens with one attached hydrogen (secondary N) is 1. The number of rotatable bonds is 15. The highest BCUT2D eigenvalue weighted by molar-refractivity contribution is 5.80. The molecule has 0 saturated heterocycles. The molecule has 2 aromatic rings. The van der Waals surface area contributed by atoms with Gasteiger partial charge in [-0.15, -0.1) is 4.91 Å². The molecule has 0 radical (unpaired) electrons. The summed E-state index contributed by atoms with van der Waals surface area (Å²) in [5.41, 5.74) is 6.99. The van der Waals surface area contributed by atoms with Crippen molar-refractivity contribution in [2.45, 2.75) is 39.7 Å². The molecule has 10 heteroatoms. The summed E-state index contributed by atoms with van der Waals surface area (Å²) in [5.74, 6) is -0.366. The van der Waals surface area contributed by atoms with Crippen molar-refractivity contribution < 1.29 is 14.3 Å². The van der Waals surface area contributed by atoms with Crippen LogP contribution >= 0.6 is 0 Å². The number of carbonyl (C=O) groups excluding carboxylic acids is 1. The third-order valence-electron chi connectivity index (χ3n) is 4.57. The van der Waals surface area contributed by atoms with Crippen LogP contribution in [0.3, 0.4) is 0 Å². The highest BCUT2D eigenvalue weighted by Crippen LogP contribution is 2.33. The van der Waals surface area contributed by atoms with E-state index in [9.17, 15) is 9.70 Å². The van der Waals surface area contributed by atoms with Crippen molar-refractivity contribution in [1.29, 1.82) is 0 Å². The fourth-order valence-corrected chi connectivity index (χ4v) is 2.97. The number of aromatic nitrogens is 2. The lowest BCUT2D eigenvalue weighted by Crippen LogP contribution is -2.34. The fourth-order valence-electron chi connectivity index (χ4n) is 2.97. The van der Waals surface area contributed by atoms with Crippen LogP contribution in [0.5, 0.6) is 6.01 Å². The summed E-state index contributed by atoms with van der Waals surface area (Å²) in [5, 5.41) is 6.36. The normalized spacial score (nSPS) is 10.6. The average molecular weight is 445 g/mol. The van der Waals surface area contributed by atoms with Crippen LogP contribution in [0.15, 0.2) is 35.5 Å². The van der Waals surface area contributed by atoms with Gasteiger partial charge in [0, 0.05) is 13.1 Å². The Morgan fingerprint density at radius 1 is 1.19 bits per heavy atom. The highest BCUT2D eigenvalue weighted by atomic mass is 16.5. The van der Waals surface area contributed by atoms with Crippen molar-refractivity contribution in [3.8, 4) is 6.01 Å². The van der Waals surface area contributed by atoms with Gasteiger partial charge in [0.05, 0.1) is 13.2 Å². The minimum atomic E-state index is -0.438. The summed E-state index contributed by atoms with van der Waals surface area (Å²) in [4.78, 5) is 33.6. The number of nitrogens with two attached hydrogens (primary N) is 1. The first-order valence-corrected chi connectivity index (χ1v) is 10.9. The summed E-state index contributed by atoms with van der Waals surface area (Å²) in [6.07, 6.45) is 2.45. The number of ether oxygens (including phenoxy) is 2. The van der Waals surface area contributed by atoms with E-state index >= 15 is 0 Å². The monoisotopic (exact) mass is 444 g/mol. The lowest BCUT2D eigenvalue weighted by atomic mass is 10.2. The van der Waals surface area contributed by atoms with Crippen LogP contribution in [0.1, 0.15) is 38.7 Å². The van der Waals surface area contributed by atoms with E-state index in [-0.39, 0.29) is 36.5 Å². The smallest absolute Gasteiger partial charge is 0.325 e. The summed E-state index contributed by atoms with van der Waals surface area (Å²) in [6.45, 7) is 6.20. The minimum Gasteiger partial charge on any atom is -0.465 e. The molecule has 3 N–H and O–H groups in total. The van der Waals surface area contributed by atoms with Gasteiger partial charge >= 0.3 is 12.0 Å². The molecule has 174 valence electrons. The molecule has 1 aromatic carbocycles. The lowest BCUT2D eigenvalue weighted by Gasteiger charge is -2.24. The first-order chi connectivity index (χ1) is 15.6. The lowest BCUT2D eigenvalue weighted by molar-refractivity contribution is -0.141. The Morgan fingerprint density at radius 2 is 1.97 bits per heavy atom. The summed E-state index contributed by atoms with van der Waals surface area (Å²) in [7, 11) is 0. The topological polar surface area (TPSA) is 132 Å². The first kappa shape index (κ1) is 25.0. The van der Waals surface area contributed by atoms with Crippen molar-refractivity contribution in [1.82, 2.24) is 15.3 Å². The Morgan fingerprint density at radius 3 is 2.66 bits per heavy atom. The molecule has 0 bridgehead atoms. The van der Waals surface area contributed by atoms with E-state index in [1.54, 1.807) is 11.8 Å². The van der Waals surface area contributed by atoms with Crippen LogP contribution < -0.4 is 20.7 Å². The number of carbonyl (C=O) groups is 1. The van der Waals surface area contributed by atoms with Crippen LogP contribution in [-0.4, -0.2) is 48.8 Å². The molecule has 0 amide bonds. The number of esters is 1. The second-order valence-electron chi connectivity index (χ2n) is 7.10. The molecule has 0 saturated carbocycles. The van der Waals surface area contributed by atoms with Gasteiger partial charge in [-0.25, -0.2) is 0 Å². The maximum Gasteiger partial charge on any atom is 0.325 e. The van der Waals surface area contributed by atoms with Gasteiger partial charge in [-0.05, 0) is 37.1 Å². The molecule has 1 aromatic heterocycles. The van der Waals surface area contributed by atoms with E-state index in [0.29, 0.717) is 26.1 Å². The van der Waals surface area contributed by atoms with E-state index < -0.39 is 5.97 Å². The molecule has 0 spiro atoms. The van der Waals surface area contributed by atoms with Crippen LogP contribution in [-0.2, 0) is 16.1 Å². The summed E-state index contributed by atoms with van der Waals surface area (Å²) < 4.78 is 10.6. The Bertz CT molecular complexity index is 850. The quantitative estimate of drug-likeness (QED) is 0.241. The van der Waals surface area contributed by atoms with Crippen LogP contribution in [0.4, 0.5) is 17.3 Å². The van der Waals surface area contributed by atoms with Crippen molar-refractivity contribution in [3.63, 3.8) is 0 Å². The Hall–Kier alpha value is -3.27. The highest BCUT2D eigenvalue weighted by Gasteiger charge is 2.22. The van der Waals surface area contributed by atoms with Gasteiger partial charge in [0.2, 0.25) is 0 Å². The first-order valence-electron chi connectivity index (χ1n) is 10.9. The van der Waals surface area contributed by atoms with Gasteiger partial charge in [-0.3, -0.25) is 4.79 Å². The number of nitrogen functional groups attached to an aromatic ring is 1. The van der Waals surface area contributed by atoms with E-state index in [1.165, 1.54) is 5.56 Å². The predicted molar refractivity (Wildman–Crippen MR) is 124 cm³/mol. The zero-order chi connectivity index (χ0) is 23.2. The Balaban J connectivity index is 2.11. The largest absolute Gasteiger partial charge is 0.465 e. The molecule has 2 rings (SSSR count). The number of hydrogen-bond donors (Lipinski definition) is 2. The number of hydrogen-bond acceptors (Lipinski definition) is 10. The van der Waals surface area contributed by atoms with E-state index in [4.69, 9.17) is 15.2 Å². The SMILES string of the molecule is CCCCOc1nc(N)c(N=O)c(N(CCCNCc2ccccc2)CC(=O)OCC)n1. The molecular weight excluding hydrogens is 412 g/mol. The number of anilines is 2. The van der Waals surface area contributed by atoms with E-state index in [2.05, 4.69) is 20.5 Å². The fraction of sp³-hybridized carbons (Fsp3) is 0.500. The standard InChI is InChI=1S/C22H32N6O4/c1-3-5-14-32-22-25-20(23)19(27-30)21(26-22)28(16-18(29)31-4-2)13-9-12-24-15-17-10-7-6-8-11-17/h6-8,10-11,24H,3-5,9,12-16H2,1-2H3,(H2,23,25,26). The predicted octanol–water partition coefficient (Wildman–Crippen LogP) is 3.19. The van der Waals surface area contributed by atoms with Gasteiger partial charge in [0.1, 0.15) is 6.54 Å². The molecule has 0 fully saturated rings. The van der Waals surface area contributed by atoms with Crippen molar-refractivity contribution in [3.05, 3.63) is 40.8 Å². The second kappa shape index (κ2) is 13.9. The number of nitrogens with zero attached hydrogens (tertiary/aromatic N) is 4. The van der Waals surface area contributed by atoms with Gasteiger partial charge in [0.15, 0.2) is 17.3 Å². The molecule has 1 heterocycles. The van der Waals surface area contributed by atoms with E-state index in [1.807, 2.05) is 37.3 Å². The van der Waals surface area contributed by atoms with Crippen LogP contribution in [0, 0.1) is 4.91 Å². The maximum absolute atomic E-state index is 12.2. The molecule has 0 unspecified atom stereocenters. The maximum atomic E-state index is 12.2. The van der Waals surface area contributed by atoms with Gasteiger partial charge in [0.25, 0.3) is 0 Å². The average Bonchev–Trinajstić information content (AvgIpc) is 2.79. The molecular formula is C22H32N6O4.